The molecule has 0 aliphatic rings. The fourth-order valence-electron chi connectivity index (χ4n) is 3.58. The summed E-state index contributed by atoms with van der Waals surface area (Å²) in [4.78, 5) is 12.7. The molecule has 7 heteroatoms. The van der Waals surface area contributed by atoms with E-state index >= 15 is 0 Å². The van der Waals surface area contributed by atoms with Crippen LogP contribution in [0.1, 0.15) is 16.7 Å². The van der Waals surface area contributed by atoms with E-state index in [0.717, 1.165) is 28.6 Å². The van der Waals surface area contributed by atoms with E-state index in [2.05, 4.69) is 5.32 Å². The maximum Gasteiger partial charge on any atom is 0.416 e. The summed E-state index contributed by atoms with van der Waals surface area (Å²) < 4.78 is 40.9. The van der Waals surface area contributed by atoms with Crippen LogP contribution in [-0.2, 0) is 17.5 Å². The molecule has 164 valence electrons. The Morgan fingerprint density at radius 2 is 1.73 bits per heavy atom. The Morgan fingerprint density at radius 1 is 1.00 bits per heavy atom. The fraction of sp³-hybridized carbons (Fsp3) is 0.0769. The number of fused-ring (bicyclic) bond motifs is 1. The van der Waals surface area contributed by atoms with Gasteiger partial charge >= 0.3 is 6.18 Å². The van der Waals surface area contributed by atoms with Crippen LogP contribution in [0.3, 0.4) is 0 Å². The number of carbonyl (C=O) groups is 1. The van der Waals surface area contributed by atoms with E-state index in [1.807, 2.05) is 71.4 Å². The third kappa shape index (κ3) is 4.96. The number of halogens is 3. The van der Waals surface area contributed by atoms with Gasteiger partial charge in [0.2, 0.25) is 0 Å². The van der Waals surface area contributed by atoms with E-state index in [9.17, 15) is 23.2 Å². The Labute approximate surface area is 188 Å². The number of nitrogens with zero attached hydrogens (tertiary/aromatic N) is 2. The van der Waals surface area contributed by atoms with Crippen molar-refractivity contribution in [2.24, 2.45) is 0 Å². The first kappa shape index (κ1) is 21.9. The van der Waals surface area contributed by atoms with Gasteiger partial charge in [-0.15, -0.1) is 0 Å². The lowest BCUT2D eigenvalue weighted by Crippen LogP contribution is -2.14. The number of para-hydroxylation sites is 1. The molecule has 3 aromatic carbocycles. The molecular weight excluding hydrogens is 427 g/mol. The van der Waals surface area contributed by atoms with Crippen molar-refractivity contribution in [1.29, 1.82) is 5.26 Å². The first-order chi connectivity index (χ1) is 15.8. The van der Waals surface area contributed by atoms with Crippen molar-refractivity contribution >= 4 is 28.6 Å². The summed E-state index contributed by atoms with van der Waals surface area (Å²) in [6.45, 7) is 0.605. The van der Waals surface area contributed by atoms with Crippen LogP contribution in [0.2, 0.25) is 0 Å². The SMILES string of the molecule is N#C/C(=C/c1cn(Cc2ccccc2)c2ccccc12)C(=O)Nc1cccc(C(F)(F)F)c1. The van der Waals surface area contributed by atoms with Crippen LogP contribution in [0.4, 0.5) is 18.9 Å². The van der Waals surface area contributed by atoms with Crippen molar-refractivity contribution in [1.82, 2.24) is 4.57 Å². The monoisotopic (exact) mass is 445 g/mol. The number of rotatable bonds is 5. The van der Waals surface area contributed by atoms with Crippen LogP contribution in [0.5, 0.6) is 0 Å². The molecule has 0 unspecified atom stereocenters. The molecule has 4 aromatic rings. The number of anilines is 1. The highest BCUT2D eigenvalue weighted by molar-refractivity contribution is 6.10. The maximum atomic E-state index is 12.9. The van der Waals surface area contributed by atoms with E-state index in [1.54, 1.807) is 0 Å². The van der Waals surface area contributed by atoms with Crippen molar-refractivity contribution in [2.75, 3.05) is 5.32 Å². The maximum absolute atomic E-state index is 12.9. The second kappa shape index (κ2) is 9.05. The Hall–Kier alpha value is -4.31. The lowest BCUT2D eigenvalue weighted by atomic mass is 10.1. The summed E-state index contributed by atoms with van der Waals surface area (Å²) >= 11 is 0. The average Bonchev–Trinajstić information content (AvgIpc) is 3.15. The Kier molecular flexibility index (Phi) is 6.01. The summed E-state index contributed by atoms with van der Waals surface area (Å²) in [6.07, 6.45) is -1.23. The van der Waals surface area contributed by atoms with Gasteiger partial charge in [0, 0.05) is 34.9 Å². The van der Waals surface area contributed by atoms with Crippen molar-refractivity contribution in [3.63, 3.8) is 0 Å². The van der Waals surface area contributed by atoms with Crippen LogP contribution in [-0.4, -0.2) is 10.5 Å². The molecule has 0 radical (unpaired) electrons. The van der Waals surface area contributed by atoms with E-state index in [0.29, 0.717) is 12.1 Å². The number of carbonyl (C=O) groups excluding carboxylic acids is 1. The number of hydrogen-bond acceptors (Lipinski definition) is 2. The normalized spacial score (nSPS) is 11.9. The molecular formula is C26H18F3N3O. The van der Waals surface area contributed by atoms with Gasteiger partial charge in [-0.3, -0.25) is 4.79 Å². The van der Waals surface area contributed by atoms with Gasteiger partial charge in [-0.25, -0.2) is 0 Å². The van der Waals surface area contributed by atoms with E-state index in [4.69, 9.17) is 0 Å². The number of nitriles is 1. The first-order valence-corrected chi connectivity index (χ1v) is 10.1. The molecule has 33 heavy (non-hydrogen) atoms. The minimum atomic E-state index is -4.53. The van der Waals surface area contributed by atoms with E-state index in [-0.39, 0.29) is 11.3 Å². The zero-order chi connectivity index (χ0) is 23.4. The molecule has 1 N–H and O–H groups in total. The van der Waals surface area contributed by atoms with Gasteiger partial charge in [-0.1, -0.05) is 54.6 Å². The van der Waals surface area contributed by atoms with Crippen LogP contribution >= 0.6 is 0 Å². The highest BCUT2D eigenvalue weighted by Crippen LogP contribution is 2.31. The van der Waals surface area contributed by atoms with Crippen LogP contribution in [0.25, 0.3) is 17.0 Å². The number of alkyl halides is 3. The van der Waals surface area contributed by atoms with Crippen molar-refractivity contribution in [3.8, 4) is 6.07 Å². The van der Waals surface area contributed by atoms with E-state index in [1.165, 1.54) is 18.2 Å². The minimum Gasteiger partial charge on any atom is -0.342 e. The smallest absolute Gasteiger partial charge is 0.342 e. The molecule has 1 aromatic heterocycles. The van der Waals surface area contributed by atoms with Gasteiger partial charge in [0.05, 0.1) is 5.56 Å². The number of aromatic nitrogens is 1. The number of hydrogen-bond donors (Lipinski definition) is 1. The lowest BCUT2D eigenvalue weighted by Gasteiger charge is -2.09. The fourth-order valence-corrected chi connectivity index (χ4v) is 3.58. The Morgan fingerprint density at radius 3 is 2.45 bits per heavy atom. The number of benzene rings is 3. The molecule has 4 rings (SSSR count). The molecule has 0 atom stereocenters. The topological polar surface area (TPSA) is 57.8 Å². The van der Waals surface area contributed by atoms with E-state index < -0.39 is 17.6 Å². The molecule has 0 aliphatic heterocycles. The van der Waals surface area contributed by atoms with Crippen molar-refractivity contribution in [3.05, 3.63) is 107 Å². The van der Waals surface area contributed by atoms with Gasteiger partial charge in [-0.2, -0.15) is 18.4 Å². The average molecular weight is 445 g/mol. The summed E-state index contributed by atoms with van der Waals surface area (Å²) in [7, 11) is 0. The number of amides is 1. The highest BCUT2D eigenvalue weighted by Gasteiger charge is 2.30. The minimum absolute atomic E-state index is 0.0394. The van der Waals surface area contributed by atoms with Gasteiger partial charge in [0.15, 0.2) is 0 Å². The lowest BCUT2D eigenvalue weighted by molar-refractivity contribution is -0.137. The molecule has 0 saturated carbocycles. The van der Waals surface area contributed by atoms with Gasteiger partial charge < -0.3 is 9.88 Å². The molecule has 0 spiro atoms. The summed E-state index contributed by atoms with van der Waals surface area (Å²) in [5, 5.41) is 12.8. The third-order valence-electron chi connectivity index (χ3n) is 5.13. The molecule has 1 heterocycles. The molecule has 4 nitrogen and oxygen atoms in total. The van der Waals surface area contributed by atoms with Crippen molar-refractivity contribution in [2.45, 2.75) is 12.7 Å². The second-order valence-electron chi connectivity index (χ2n) is 7.42. The second-order valence-corrected chi connectivity index (χ2v) is 7.42. The summed E-state index contributed by atoms with van der Waals surface area (Å²) in [5.41, 5.74) is 1.56. The first-order valence-electron chi connectivity index (χ1n) is 10.1. The zero-order valence-electron chi connectivity index (χ0n) is 17.3. The zero-order valence-corrected chi connectivity index (χ0v) is 17.3. The predicted octanol–water partition coefficient (Wildman–Crippen LogP) is 6.25. The van der Waals surface area contributed by atoms with Crippen LogP contribution in [0.15, 0.2) is 90.6 Å². The van der Waals surface area contributed by atoms with Crippen molar-refractivity contribution < 1.29 is 18.0 Å². The van der Waals surface area contributed by atoms with Gasteiger partial charge in [0.25, 0.3) is 5.91 Å². The molecule has 0 saturated heterocycles. The quantitative estimate of drug-likeness (QED) is 0.291. The third-order valence-corrected chi connectivity index (χ3v) is 5.13. The standard InChI is InChI=1S/C26H18F3N3O/c27-26(28,29)21-9-6-10-22(14-21)31-25(33)19(15-30)13-20-17-32(16-18-7-2-1-3-8-18)24-12-5-4-11-23(20)24/h1-14,17H,16H2,(H,31,33)/b19-13-. The number of nitrogens with one attached hydrogen (secondary N) is 1. The molecule has 1 amide bonds. The van der Waals surface area contributed by atoms with Crippen LogP contribution in [0, 0.1) is 11.3 Å². The predicted molar refractivity (Wildman–Crippen MR) is 121 cm³/mol. The molecule has 0 aliphatic carbocycles. The largest absolute Gasteiger partial charge is 0.416 e. The Bertz CT molecular complexity index is 1380. The molecule has 0 bridgehead atoms. The summed E-state index contributed by atoms with van der Waals surface area (Å²) in [6, 6.07) is 23.6. The molecule has 0 fully saturated rings. The highest BCUT2D eigenvalue weighted by atomic mass is 19.4. The van der Waals surface area contributed by atoms with Crippen LogP contribution < -0.4 is 5.32 Å². The Balaban J connectivity index is 1.65. The summed E-state index contributed by atoms with van der Waals surface area (Å²) in [5.74, 6) is -0.781. The van der Waals surface area contributed by atoms with Gasteiger partial charge in [0.1, 0.15) is 11.6 Å². The van der Waals surface area contributed by atoms with Gasteiger partial charge in [-0.05, 0) is 35.9 Å².